The summed E-state index contributed by atoms with van der Waals surface area (Å²) in [5, 5.41) is 0. The molecule has 0 atom stereocenters. The van der Waals surface area contributed by atoms with Gasteiger partial charge in [0.15, 0.2) is 11.6 Å². The maximum Gasteiger partial charge on any atom is 0.166 e. The predicted molar refractivity (Wildman–Crippen MR) is 135 cm³/mol. The van der Waals surface area contributed by atoms with Gasteiger partial charge in [-0.05, 0) is 71.8 Å². The van der Waals surface area contributed by atoms with E-state index in [-0.39, 0.29) is 5.92 Å². The summed E-state index contributed by atoms with van der Waals surface area (Å²) >= 11 is 0. The number of hydrogen-bond donors (Lipinski definition) is 0. The van der Waals surface area contributed by atoms with Crippen LogP contribution in [0.3, 0.4) is 0 Å². The monoisotopic (exact) mass is 446 g/mol. The topological polar surface area (TPSA) is 0 Å². The van der Waals surface area contributed by atoms with Crippen molar-refractivity contribution in [1.29, 1.82) is 0 Å². The van der Waals surface area contributed by atoms with Crippen molar-refractivity contribution in [2.45, 2.75) is 77.6 Å². The highest BCUT2D eigenvalue weighted by Gasteiger charge is 2.26. The average molecular weight is 447 g/mol. The fourth-order valence-corrected chi connectivity index (χ4v) is 5.35. The van der Waals surface area contributed by atoms with Gasteiger partial charge in [0.2, 0.25) is 0 Å². The van der Waals surface area contributed by atoms with Crippen LogP contribution in [0, 0.1) is 17.6 Å². The van der Waals surface area contributed by atoms with E-state index < -0.39 is 11.6 Å². The van der Waals surface area contributed by atoms with Gasteiger partial charge in [-0.1, -0.05) is 100 Å². The van der Waals surface area contributed by atoms with E-state index in [9.17, 15) is 0 Å². The molecule has 0 N–H and O–H groups in total. The quantitative estimate of drug-likeness (QED) is 0.323. The zero-order valence-corrected chi connectivity index (χ0v) is 20.0. The van der Waals surface area contributed by atoms with Crippen LogP contribution in [0.2, 0.25) is 0 Å². The van der Waals surface area contributed by atoms with Crippen LogP contribution in [0.5, 0.6) is 0 Å². The number of unbranched alkanes of at least 4 members (excludes halogenated alkanes) is 1. The maximum absolute atomic E-state index is 15.1. The van der Waals surface area contributed by atoms with E-state index in [4.69, 9.17) is 0 Å². The first-order chi connectivity index (χ1) is 16.1. The van der Waals surface area contributed by atoms with Crippen molar-refractivity contribution in [3.8, 4) is 22.3 Å². The third-order valence-corrected chi connectivity index (χ3v) is 7.39. The molecule has 0 bridgehead atoms. The number of hydrogen-bond acceptors (Lipinski definition) is 0. The van der Waals surface area contributed by atoms with Gasteiger partial charge in [-0.15, -0.1) is 0 Å². The van der Waals surface area contributed by atoms with Crippen molar-refractivity contribution in [1.82, 2.24) is 0 Å². The minimum absolute atomic E-state index is 0.143. The van der Waals surface area contributed by atoms with Gasteiger partial charge in [-0.3, -0.25) is 0 Å². The molecule has 3 aromatic rings. The average Bonchev–Trinajstić information content (AvgIpc) is 2.86. The lowest BCUT2D eigenvalue weighted by Gasteiger charge is -2.29. The van der Waals surface area contributed by atoms with Crippen LogP contribution in [0.15, 0.2) is 60.7 Å². The van der Waals surface area contributed by atoms with Crippen LogP contribution in [-0.4, -0.2) is 0 Å². The Kier molecular flexibility index (Phi) is 7.96. The standard InChI is InChI=1S/C31H36F2/c1-3-5-7-23-10-14-26(15-11-23)28-20-21-29(31(33)30(28)32)27-18-16-25(17-19-27)24-12-8-22(6-4-2)9-13-24/h8-9,12-13,16-21,23,26H,3-7,10-11,14-15H2,1-2H3. The number of halogens is 2. The summed E-state index contributed by atoms with van der Waals surface area (Å²) in [6.07, 6.45) is 10.2. The van der Waals surface area contributed by atoms with E-state index in [1.54, 1.807) is 6.07 Å². The summed E-state index contributed by atoms with van der Waals surface area (Å²) in [5.41, 5.74) is 5.18. The molecule has 33 heavy (non-hydrogen) atoms. The lowest BCUT2D eigenvalue weighted by atomic mass is 9.76. The van der Waals surface area contributed by atoms with Crippen molar-refractivity contribution in [3.05, 3.63) is 83.4 Å². The Labute approximate surface area is 198 Å². The first-order valence-electron chi connectivity index (χ1n) is 12.8. The molecule has 0 spiro atoms. The fourth-order valence-electron chi connectivity index (χ4n) is 5.35. The highest BCUT2D eigenvalue weighted by Crippen LogP contribution is 2.40. The van der Waals surface area contributed by atoms with Gasteiger partial charge in [-0.2, -0.15) is 0 Å². The third kappa shape index (κ3) is 5.54. The van der Waals surface area contributed by atoms with Crippen LogP contribution >= 0.6 is 0 Å². The molecule has 0 amide bonds. The molecule has 4 rings (SSSR count). The highest BCUT2D eigenvalue weighted by molar-refractivity contribution is 5.71. The Balaban J connectivity index is 1.48. The van der Waals surface area contributed by atoms with Crippen LogP contribution in [-0.2, 0) is 6.42 Å². The molecule has 1 aliphatic carbocycles. The van der Waals surface area contributed by atoms with Crippen molar-refractivity contribution in [2.24, 2.45) is 5.92 Å². The Morgan fingerprint density at radius 2 is 1.27 bits per heavy atom. The normalized spacial score (nSPS) is 18.4. The minimum atomic E-state index is -0.711. The highest BCUT2D eigenvalue weighted by atomic mass is 19.2. The summed E-state index contributed by atoms with van der Waals surface area (Å²) in [6.45, 7) is 4.41. The maximum atomic E-state index is 15.1. The largest absolute Gasteiger partial charge is 0.203 e. The molecule has 1 saturated carbocycles. The van der Waals surface area contributed by atoms with Crippen molar-refractivity contribution in [2.75, 3.05) is 0 Å². The van der Waals surface area contributed by atoms with E-state index in [0.717, 1.165) is 55.6 Å². The van der Waals surface area contributed by atoms with Gasteiger partial charge in [0, 0.05) is 5.56 Å². The molecule has 0 aromatic heterocycles. The van der Waals surface area contributed by atoms with E-state index in [2.05, 4.69) is 38.1 Å². The van der Waals surface area contributed by atoms with Gasteiger partial charge in [0.25, 0.3) is 0 Å². The molecule has 0 nitrogen and oxygen atoms in total. The molecule has 3 aromatic carbocycles. The molecule has 0 unspecified atom stereocenters. The van der Waals surface area contributed by atoms with E-state index in [0.29, 0.717) is 16.7 Å². The SMILES string of the molecule is CCCCC1CCC(c2ccc(-c3ccc(-c4ccc(CCC)cc4)cc3)c(F)c2F)CC1. The second kappa shape index (κ2) is 11.1. The van der Waals surface area contributed by atoms with E-state index in [1.165, 1.54) is 24.8 Å². The molecular weight excluding hydrogens is 410 g/mol. The lowest BCUT2D eigenvalue weighted by Crippen LogP contribution is -2.15. The molecule has 0 radical (unpaired) electrons. The summed E-state index contributed by atoms with van der Waals surface area (Å²) in [5.74, 6) is -0.461. The Morgan fingerprint density at radius 3 is 1.88 bits per heavy atom. The summed E-state index contributed by atoms with van der Waals surface area (Å²) in [7, 11) is 0. The lowest BCUT2D eigenvalue weighted by molar-refractivity contribution is 0.299. The van der Waals surface area contributed by atoms with E-state index in [1.807, 2.05) is 30.3 Å². The number of benzene rings is 3. The van der Waals surface area contributed by atoms with Gasteiger partial charge >= 0.3 is 0 Å². The second-order valence-electron chi connectivity index (χ2n) is 9.71. The third-order valence-electron chi connectivity index (χ3n) is 7.39. The molecular formula is C31H36F2. The Morgan fingerprint density at radius 1 is 0.667 bits per heavy atom. The fraction of sp³-hybridized carbons (Fsp3) is 0.419. The van der Waals surface area contributed by atoms with Crippen LogP contribution in [0.25, 0.3) is 22.3 Å². The van der Waals surface area contributed by atoms with Crippen LogP contribution in [0.1, 0.15) is 82.3 Å². The Hall–Kier alpha value is -2.48. The van der Waals surface area contributed by atoms with Crippen molar-refractivity contribution in [3.63, 3.8) is 0 Å². The van der Waals surface area contributed by atoms with Crippen molar-refractivity contribution >= 4 is 0 Å². The molecule has 1 fully saturated rings. The molecule has 0 heterocycles. The van der Waals surface area contributed by atoms with Gasteiger partial charge in [-0.25, -0.2) is 8.78 Å². The van der Waals surface area contributed by atoms with E-state index >= 15 is 8.78 Å². The first kappa shape index (κ1) is 23.7. The summed E-state index contributed by atoms with van der Waals surface area (Å²) in [4.78, 5) is 0. The Bertz CT molecular complexity index is 1030. The van der Waals surface area contributed by atoms with Gasteiger partial charge in [0.1, 0.15) is 0 Å². The second-order valence-corrected chi connectivity index (χ2v) is 9.71. The molecule has 0 aliphatic heterocycles. The zero-order chi connectivity index (χ0) is 23.2. The van der Waals surface area contributed by atoms with Crippen molar-refractivity contribution < 1.29 is 8.78 Å². The smallest absolute Gasteiger partial charge is 0.166 e. The molecule has 0 saturated heterocycles. The number of rotatable bonds is 8. The van der Waals surface area contributed by atoms with Crippen LogP contribution in [0.4, 0.5) is 8.78 Å². The first-order valence-corrected chi connectivity index (χ1v) is 12.8. The van der Waals surface area contributed by atoms with Gasteiger partial charge < -0.3 is 0 Å². The summed E-state index contributed by atoms with van der Waals surface area (Å²) < 4.78 is 30.2. The molecule has 1 aliphatic rings. The van der Waals surface area contributed by atoms with Gasteiger partial charge in [0.05, 0.1) is 0 Å². The summed E-state index contributed by atoms with van der Waals surface area (Å²) in [6, 6.07) is 20.0. The minimum Gasteiger partial charge on any atom is -0.203 e. The number of aryl methyl sites for hydroxylation is 1. The molecule has 174 valence electrons. The van der Waals surface area contributed by atoms with Crippen LogP contribution < -0.4 is 0 Å². The molecule has 2 heteroatoms. The predicted octanol–water partition coefficient (Wildman–Crippen LogP) is 9.72. The zero-order valence-electron chi connectivity index (χ0n) is 20.0.